The minimum atomic E-state index is -1.18. The highest BCUT2D eigenvalue weighted by molar-refractivity contribution is 5.77. The smallest absolute Gasteiger partial charge is 0.357 e. The molecule has 1 N–H and O–H groups in total. The van der Waals surface area contributed by atoms with Gasteiger partial charge in [0.05, 0.1) is 0 Å². The first-order valence-electron chi connectivity index (χ1n) is 5.77. The molecule has 0 aliphatic heterocycles. The van der Waals surface area contributed by atoms with Crippen LogP contribution >= 0.6 is 0 Å². The molecule has 0 aliphatic rings. The molecule has 2 aromatic carbocycles. The van der Waals surface area contributed by atoms with Crippen LogP contribution in [0.25, 0.3) is 0 Å². The molecule has 2 aromatic rings. The molecule has 0 aromatic heterocycles. The number of carboxylic acids is 1. The average Bonchev–Trinajstić information content (AvgIpc) is 2.45. The fourth-order valence-electron chi connectivity index (χ4n) is 1.45. The molecule has 1 unspecified atom stereocenters. The Balaban J connectivity index is 2.14. The van der Waals surface area contributed by atoms with E-state index in [1.807, 2.05) is 36.4 Å². The van der Waals surface area contributed by atoms with Gasteiger partial charge in [-0.2, -0.15) is 0 Å². The Morgan fingerprint density at radius 1 is 1.00 bits per heavy atom. The molecule has 0 saturated heterocycles. The summed E-state index contributed by atoms with van der Waals surface area (Å²) in [6.07, 6.45) is -1.18. The van der Waals surface area contributed by atoms with Crippen LogP contribution in [0.15, 0.2) is 60.7 Å². The zero-order valence-electron chi connectivity index (χ0n) is 10.1. The second-order valence-corrected chi connectivity index (χ2v) is 3.78. The first-order chi connectivity index (χ1) is 9.25. The summed E-state index contributed by atoms with van der Waals surface area (Å²) in [5, 5.41) is 9.09. The Morgan fingerprint density at radius 3 is 2.16 bits per heavy atom. The first kappa shape index (κ1) is 12.7. The third-order valence-corrected chi connectivity index (χ3v) is 2.34. The molecule has 1 atom stereocenters. The minimum Gasteiger partial charge on any atom is -0.478 e. The van der Waals surface area contributed by atoms with Gasteiger partial charge in [0.1, 0.15) is 5.75 Å². The Labute approximate surface area is 111 Å². The Kier molecular flexibility index (Phi) is 4.20. The van der Waals surface area contributed by atoms with Crippen LogP contribution in [0.4, 0.5) is 0 Å². The van der Waals surface area contributed by atoms with Gasteiger partial charge in [0.25, 0.3) is 6.10 Å². The molecule has 0 aliphatic carbocycles. The van der Waals surface area contributed by atoms with Gasteiger partial charge >= 0.3 is 5.97 Å². The largest absolute Gasteiger partial charge is 0.478 e. The minimum absolute atomic E-state index is 0.484. The van der Waals surface area contributed by atoms with Crippen molar-refractivity contribution in [3.05, 3.63) is 66.2 Å². The predicted molar refractivity (Wildman–Crippen MR) is 71.8 cm³/mol. The van der Waals surface area contributed by atoms with Crippen LogP contribution in [0, 0.1) is 11.8 Å². The van der Waals surface area contributed by atoms with Crippen LogP contribution in [0.5, 0.6) is 5.75 Å². The third-order valence-electron chi connectivity index (χ3n) is 2.34. The van der Waals surface area contributed by atoms with Crippen LogP contribution in [-0.4, -0.2) is 17.2 Å². The van der Waals surface area contributed by atoms with Gasteiger partial charge in [-0.3, -0.25) is 0 Å². The van der Waals surface area contributed by atoms with Crippen molar-refractivity contribution in [3.63, 3.8) is 0 Å². The highest BCUT2D eigenvalue weighted by Crippen LogP contribution is 2.10. The van der Waals surface area contributed by atoms with Gasteiger partial charge in [0, 0.05) is 5.56 Å². The van der Waals surface area contributed by atoms with Crippen LogP contribution in [0.3, 0.4) is 0 Å². The van der Waals surface area contributed by atoms with E-state index in [1.165, 1.54) is 0 Å². The van der Waals surface area contributed by atoms with Crippen LogP contribution in [0.2, 0.25) is 0 Å². The molecular weight excluding hydrogens is 240 g/mol. The van der Waals surface area contributed by atoms with Crippen molar-refractivity contribution in [1.82, 2.24) is 0 Å². The topological polar surface area (TPSA) is 46.5 Å². The predicted octanol–water partition coefficient (Wildman–Crippen LogP) is 2.57. The van der Waals surface area contributed by atoms with E-state index in [2.05, 4.69) is 11.8 Å². The van der Waals surface area contributed by atoms with Crippen LogP contribution in [0.1, 0.15) is 5.56 Å². The fraction of sp³-hybridized carbons (Fsp3) is 0.0625. The number of rotatable bonds is 3. The lowest BCUT2D eigenvalue weighted by atomic mass is 10.2. The zero-order valence-corrected chi connectivity index (χ0v) is 10.1. The molecule has 0 heterocycles. The highest BCUT2D eigenvalue weighted by atomic mass is 16.5. The molecular formula is C16H12O3. The number of hydrogen-bond donors (Lipinski definition) is 1. The van der Waals surface area contributed by atoms with E-state index in [4.69, 9.17) is 9.84 Å². The summed E-state index contributed by atoms with van der Waals surface area (Å²) >= 11 is 0. The van der Waals surface area contributed by atoms with Crippen LogP contribution in [-0.2, 0) is 4.79 Å². The third kappa shape index (κ3) is 3.90. The van der Waals surface area contributed by atoms with Gasteiger partial charge < -0.3 is 9.84 Å². The number of aliphatic carboxylic acids is 1. The number of carbonyl (C=O) groups is 1. The molecule has 0 amide bonds. The summed E-state index contributed by atoms with van der Waals surface area (Å²) in [5.41, 5.74) is 0.755. The molecule has 19 heavy (non-hydrogen) atoms. The normalized spacial score (nSPS) is 10.9. The second kappa shape index (κ2) is 6.27. The van der Waals surface area contributed by atoms with E-state index in [0.717, 1.165) is 5.56 Å². The number of hydrogen-bond acceptors (Lipinski definition) is 2. The molecule has 94 valence electrons. The van der Waals surface area contributed by atoms with Crippen molar-refractivity contribution in [2.75, 3.05) is 0 Å². The number of para-hydroxylation sites is 1. The summed E-state index contributed by atoms with van der Waals surface area (Å²) in [5.74, 6) is 4.78. The lowest BCUT2D eigenvalue weighted by Crippen LogP contribution is -2.25. The Hall–Kier alpha value is -2.73. The van der Waals surface area contributed by atoms with Gasteiger partial charge in [0.2, 0.25) is 0 Å². The molecule has 3 nitrogen and oxygen atoms in total. The summed E-state index contributed by atoms with van der Waals surface area (Å²) < 4.78 is 5.32. The van der Waals surface area contributed by atoms with E-state index in [0.29, 0.717) is 5.75 Å². The highest BCUT2D eigenvalue weighted by Gasteiger charge is 2.15. The summed E-state index contributed by atoms with van der Waals surface area (Å²) in [4.78, 5) is 11.1. The SMILES string of the molecule is O=C(O)C(C#Cc1ccccc1)Oc1ccccc1. The second-order valence-electron chi connectivity index (χ2n) is 3.78. The van der Waals surface area contributed by atoms with Gasteiger partial charge in [0.15, 0.2) is 0 Å². The van der Waals surface area contributed by atoms with Gasteiger partial charge in [-0.25, -0.2) is 4.79 Å². The maximum absolute atomic E-state index is 11.1. The standard InChI is InChI=1S/C16H12O3/c17-16(18)15(19-14-9-5-2-6-10-14)12-11-13-7-3-1-4-8-13/h1-10,15H,(H,17,18). The molecule has 0 bridgehead atoms. The molecule has 3 heteroatoms. The first-order valence-corrected chi connectivity index (χ1v) is 5.77. The fourth-order valence-corrected chi connectivity index (χ4v) is 1.45. The van der Waals surface area contributed by atoms with Crippen molar-refractivity contribution < 1.29 is 14.6 Å². The van der Waals surface area contributed by atoms with Crippen molar-refractivity contribution in [2.24, 2.45) is 0 Å². The molecule has 0 fully saturated rings. The van der Waals surface area contributed by atoms with Crippen molar-refractivity contribution in [2.45, 2.75) is 6.10 Å². The van der Waals surface area contributed by atoms with Gasteiger partial charge in [-0.15, -0.1) is 0 Å². The maximum atomic E-state index is 11.1. The monoisotopic (exact) mass is 252 g/mol. The summed E-state index contributed by atoms with van der Waals surface area (Å²) in [6, 6.07) is 18.0. The zero-order chi connectivity index (χ0) is 13.5. The molecule has 0 spiro atoms. The lowest BCUT2D eigenvalue weighted by molar-refractivity contribution is -0.142. The van der Waals surface area contributed by atoms with Gasteiger partial charge in [-0.1, -0.05) is 42.3 Å². The molecule has 0 radical (unpaired) electrons. The lowest BCUT2D eigenvalue weighted by Gasteiger charge is -2.08. The van der Waals surface area contributed by atoms with Crippen molar-refractivity contribution in [3.8, 4) is 17.6 Å². The number of ether oxygens (including phenoxy) is 1. The van der Waals surface area contributed by atoms with E-state index < -0.39 is 12.1 Å². The van der Waals surface area contributed by atoms with E-state index in [-0.39, 0.29) is 0 Å². The van der Waals surface area contributed by atoms with E-state index in [9.17, 15) is 4.79 Å². The summed E-state index contributed by atoms with van der Waals surface area (Å²) in [6.45, 7) is 0. The summed E-state index contributed by atoms with van der Waals surface area (Å²) in [7, 11) is 0. The van der Waals surface area contributed by atoms with Crippen molar-refractivity contribution >= 4 is 5.97 Å². The Morgan fingerprint density at radius 2 is 1.58 bits per heavy atom. The van der Waals surface area contributed by atoms with Crippen molar-refractivity contribution in [1.29, 1.82) is 0 Å². The van der Waals surface area contributed by atoms with Gasteiger partial charge in [-0.05, 0) is 30.2 Å². The number of benzene rings is 2. The number of carboxylic acid groups (broad SMARTS) is 1. The quantitative estimate of drug-likeness (QED) is 0.854. The van der Waals surface area contributed by atoms with E-state index >= 15 is 0 Å². The average molecular weight is 252 g/mol. The maximum Gasteiger partial charge on any atom is 0.357 e. The molecule has 0 saturated carbocycles. The molecule has 2 rings (SSSR count). The Bertz CT molecular complexity index is 594. The van der Waals surface area contributed by atoms with E-state index in [1.54, 1.807) is 24.3 Å². The van der Waals surface area contributed by atoms with Crippen LogP contribution < -0.4 is 4.74 Å².